The summed E-state index contributed by atoms with van der Waals surface area (Å²) in [4.78, 5) is 11.8. The molecule has 2 aliphatic rings. The highest BCUT2D eigenvalue weighted by atomic mass is 35.5. The van der Waals surface area contributed by atoms with E-state index in [1.165, 1.54) is 10.2 Å². The van der Waals surface area contributed by atoms with Crippen molar-refractivity contribution >= 4 is 40.8 Å². The second-order valence-corrected chi connectivity index (χ2v) is 6.67. The number of rotatable bonds is 2. The second kappa shape index (κ2) is 6.49. The molecular formula is C19H16ClN6O+. The molecule has 0 atom stereocenters. The van der Waals surface area contributed by atoms with Crippen molar-refractivity contribution < 1.29 is 9.48 Å². The maximum atomic E-state index is 11.8. The first-order valence-electron chi connectivity index (χ1n) is 8.40. The monoisotopic (exact) mass is 379 g/mol. The number of nitrogens with two attached hydrogens (primary N) is 1. The Morgan fingerprint density at radius 1 is 1.33 bits per heavy atom. The molecule has 0 radical (unpaired) electrons. The Morgan fingerprint density at radius 3 is 2.89 bits per heavy atom. The van der Waals surface area contributed by atoms with Crippen molar-refractivity contribution in [3.63, 3.8) is 0 Å². The summed E-state index contributed by atoms with van der Waals surface area (Å²) in [6.07, 6.45) is 3.02. The molecule has 1 aromatic carbocycles. The van der Waals surface area contributed by atoms with Crippen LogP contribution in [0.3, 0.4) is 0 Å². The Morgan fingerprint density at radius 2 is 2.15 bits per heavy atom. The van der Waals surface area contributed by atoms with E-state index in [0.29, 0.717) is 16.4 Å². The van der Waals surface area contributed by atoms with E-state index in [0.717, 1.165) is 35.9 Å². The molecule has 0 bridgehead atoms. The third-order valence-corrected chi connectivity index (χ3v) is 4.94. The van der Waals surface area contributed by atoms with Crippen LogP contribution in [0.15, 0.2) is 28.6 Å². The molecule has 3 N–H and O–H groups in total. The standard InChI is InChI=1S/C19H15ClN6O/c1-22-19-17(18(21)27)15(25-26(19)2)7-6-10-8-16-12(9-13(10)20)11-4-3-5-14(11)23-24-16/h8-9H,2-5H2,1H3,(H2-,21,22,25,27)/p+1. The van der Waals surface area contributed by atoms with Gasteiger partial charge in [-0.05, 0) is 42.9 Å². The van der Waals surface area contributed by atoms with Crippen molar-refractivity contribution in [2.75, 3.05) is 7.05 Å². The summed E-state index contributed by atoms with van der Waals surface area (Å²) < 4.78 is 1.28. The van der Waals surface area contributed by atoms with Gasteiger partial charge in [-0.1, -0.05) is 22.6 Å². The Labute approximate surface area is 160 Å². The van der Waals surface area contributed by atoms with Gasteiger partial charge in [0, 0.05) is 10.9 Å². The minimum atomic E-state index is -0.635. The SMILES string of the molecule is C=[N+]1N=C(C#Cc2cc3nnc4c(c3cc2Cl)CCC4)C(C(N)=O)=C1NC. The topological polar surface area (TPSA) is 96.3 Å². The molecule has 0 unspecified atom stereocenters. The first-order valence-corrected chi connectivity index (χ1v) is 8.78. The minimum absolute atomic E-state index is 0.189. The molecule has 1 amide bonds. The fourth-order valence-electron chi connectivity index (χ4n) is 3.39. The molecule has 0 saturated heterocycles. The average Bonchev–Trinajstić information content (AvgIpc) is 3.23. The summed E-state index contributed by atoms with van der Waals surface area (Å²) in [5.74, 6) is 5.60. The predicted molar refractivity (Wildman–Crippen MR) is 104 cm³/mol. The van der Waals surface area contributed by atoms with Crippen LogP contribution in [0.25, 0.3) is 10.9 Å². The van der Waals surface area contributed by atoms with Crippen molar-refractivity contribution in [3.8, 4) is 11.8 Å². The fraction of sp³-hybridized carbons (Fsp3) is 0.211. The average molecular weight is 380 g/mol. The molecule has 1 aliphatic carbocycles. The maximum Gasteiger partial charge on any atom is 0.315 e. The number of carbonyl (C=O) groups excluding carboxylic acids is 1. The zero-order chi connectivity index (χ0) is 19.1. The highest BCUT2D eigenvalue weighted by molar-refractivity contribution is 6.33. The van der Waals surface area contributed by atoms with Crippen molar-refractivity contribution in [2.24, 2.45) is 10.8 Å². The number of benzene rings is 1. The summed E-state index contributed by atoms with van der Waals surface area (Å²) in [6.45, 7) is 3.72. The maximum absolute atomic E-state index is 11.8. The highest BCUT2D eigenvalue weighted by Gasteiger charge is 2.31. The van der Waals surface area contributed by atoms with E-state index >= 15 is 0 Å². The summed E-state index contributed by atoms with van der Waals surface area (Å²) >= 11 is 6.44. The number of amides is 1. The zero-order valence-corrected chi connectivity index (χ0v) is 15.4. The third-order valence-electron chi connectivity index (χ3n) is 4.63. The van der Waals surface area contributed by atoms with Gasteiger partial charge in [0.25, 0.3) is 5.91 Å². The van der Waals surface area contributed by atoms with Crippen LogP contribution in [0.5, 0.6) is 0 Å². The third kappa shape index (κ3) is 2.84. The van der Waals surface area contributed by atoms with E-state index < -0.39 is 5.91 Å². The van der Waals surface area contributed by atoms with Crippen molar-refractivity contribution in [3.05, 3.63) is 45.4 Å². The van der Waals surface area contributed by atoms with Gasteiger partial charge < -0.3 is 5.73 Å². The first kappa shape index (κ1) is 17.2. The van der Waals surface area contributed by atoms with Crippen LogP contribution in [0, 0.1) is 11.8 Å². The van der Waals surface area contributed by atoms with Crippen molar-refractivity contribution in [1.82, 2.24) is 15.5 Å². The predicted octanol–water partition coefficient (Wildman–Crippen LogP) is 1.12. The molecule has 8 heteroatoms. The molecule has 2 aromatic rings. The molecule has 7 nitrogen and oxygen atoms in total. The van der Waals surface area contributed by atoms with Gasteiger partial charge in [-0.25, -0.2) is 0 Å². The Hall–Kier alpha value is -3.24. The summed E-state index contributed by atoms with van der Waals surface area (Å²) in [6, 6.07) is 3.69. The first-order chi connectivity index (χ1) is 13.0. The fourth-order valence-corrected chi connectivity index (χ4v) is 3.60. The van der Waals surface area contributed by atoms with E-state index in [1.807, 2.05) is 6.07 Å². The Kier molecular flexibility index (Phi) is 4.13. The molecule has 2 heterocycles. The van der Waals surface area contributed by atoms with Gasteiger partial charge in [0.15, 0.2) is 11.3 Å². The van der Waals surface area contributed by atoms with Gasteiger partial charge in [0.1, 0.15) is 0 Å². The smallest absolute Gasteiger partial charge is 0.315 e. The molecule has 0 saturated carbocycles. The van der Waals surface area contributed by atoms with E-state index in [4.69, 9.17) is 17.3 Å². The van der Waals surface area contributed by atoms with Crippen LogP contribution in [-0.4, -0.2) is 40.3 Å². The number of primary amides is 1. The quantitative estimate of drug-likeness (QED) is 0.603. The normalized spacial score (nSPS) is 15.5. The summed E-state index contributed by atoms with van der Waals surface area (Å²) in [5.41, 5.74) is 9.47. The molecular weight excluding hydrogens is 364 g/mol. The number of hydrazone groups is 1. The summed E-state index contributed by atoms with van der Waals surface area (Å²) in [5, 5.41) is 17.1. The van der Waals surface area contributed by atoms with Crippen LogP contribution in [0.2, 0.25) is 5.02 Å². The van der Waals surface area contributed by atoms with Crippen LogP contribution < -0.4 is 11.1 Å². The summed E-state index contributed by atoms with van der Waals surface area (Å²) in [7, 11) is 1.65. The van der Waals surface area contributed by atoms with Crippen LogP contribution in [-0.2, 0) is 17.6 Å². The molecule has 134 valence electrons. The molecule has 0 spiro atoms. The van der Waals surface area contributed by atoms with Gasteiger partial charge in [-0.2, -0.15) is 10.2 Å². The number of halogens is 1. The van der Waals surface area contributed by atoms with Crippen LogP contribution in [0.1, 0.15) is 23.2 Å². The Balaban J connectivity index is 1.78. The zero-order valence-electron chi connectivity index (χ0n) is 14.6. The van der Waals surface area contributed by atoms with E-state index in [9.17, 15) is 4.79 Å². The lowest BCUT2D eigenvalue weighted by Gasteiger charge is -2.05. The highest BCUT2D eigenvalue weighted by Crippen LogP contribution is 2.30. The Bertz CT molecular complexity index is 1150. The van der Waals surface area contributed by atoms with Gasteiger partial charge in [0.2, 0.25) is 0 Å². The number of aromatic nitrogens is 2. The molecule has 1 aromatic heterocycles. The van der Waals surface area contributed by atoms with Gasteiger partial charge in [0.05, 0.1) is 30.0 Å². The molecule has 0 fully saturated rings. The molecule has 27 heavy (non-hydrogen) atoms. The lowest BCUT2D eigenvalue weighted by Crippen LogP contribution is -2.24. The number of hydrogen-bond donors (Lipinski definition) is 2. The van der Waals surface area contributed by atoms with Crippen LogP contribution >= 0.6 is 11.6 Å². The van der Waals surface area contributed by atoms with E-state index in [1.54, 1.807) is 13.1 Å². The molecule has 4 rings (SSSR count). The number of fused-ring (bicyclic) bond motifs is 3. The van der Waals surface area contributed by atoms with E-state index in [-0.39, 0.29) is 11.3 Å². The lowest BCUT2D eigenvalue weighted by molar-refractivity contribution is -0.474. The van der Waals surface area contributed by atoms with Gasteiger partial charge in [-0.3, -0.25) is 10.1 Å². The minimum Gasteiger partial charge on any atom is -0.365 e. The second-order valence-electron chi connectivity index (χ2n) is 6.26. The number of hydrogen-bond acceptors (Lipinski definition) is 5. The van der Waals surface area contributed by atoms with Crippen molar-refractivity contribution in [1.29, 1.82) is 0 Å². The lowest BCUT2D eigenvalue weighted by atomic mass is 10.1. The van der Waals surface area contributed by atoms with E-state index in [2.05, 4.69) is 39.2 Å². The largest absolute Gasteiger partial charge is 0.365 e. The number of carbonyl (C=O) groups is 1. The number of aryl methyl sites for hydroxylation is 2. The molecule has 1 aliphatic heterocycles. The van der Waals surface area contributed by atoms with Crippen molar-refractivity contribution in [2.45, 2.75) is 19.3 Å². The number of nitrogens with zero attached hydrogens (tertiary/aromatic N) is 4. The number of nitrogens with one attached hydrogen (secondary N) is 1. The van der Waals surface area contributed by atoms with Gasteiger partial charge >= 0.3 is 5.82 Å². The van der Waals surface area contributed by atoms with Gasteiger partial charge in [-0.15, -0.1) is 4.68 Å². The van der Waals surface area contributed by atoms with Crippen LogP contribution in [0.4, 0.5) is 0 Å².